The summed E-state index contributed by atoms with van der Waals surface area (Å²) in [5, 5.41) is 11.4. The standard InChI is InChI=1S/C12H12N4OS/c1-7-6-13-12(18-7)14-11(17)10-5-8-3-2-4-9(8)15-16-10/h5-6H,2-4H2,1H3,(H,13,14,17). The van der Waals surface area contributed by atoms with Crippen molar-refractivity contribution in [2.45, 2.75) is 26.2 Å². The molecule has 0 bridgehead atoms. The maximum Gasteiger partial charge on any atom is 0.277 e. The van der Waals surface area contributed by atoms with E-state index in [-0.39, 0.29) is 5.91 Å². The molecular formula is C12H12N4OS. The Morgan fingerprint density at radius 1 is 1.39 bits per heavy atom. The number of aryl methyl sites for hydroxylation is 3. The molecule has 5 nitrogen and oxygen atoms in total. The second kappa shape index (κ2) is 4.45. The summed E-state index contributed by atoms with van der Waals surface area (Å²) in [7, 11) is 0. The minimum absolute atomic E-state index is 0.244. The van der Waals surface area contributed by atoms with E-state index in [0.29, 0.717) is 10.8 Å². The minimum atomic E-state index is -0.244. The van der Waals surface area contributed by atoms with Crippen LogP contribution in [0.25, 0.3) is 0 Å². The molecule has 0 radical (unpaired) electrons. The molecule has 0 saturated carbocycles. The number of fused-ring (bicyclic) bond motifs is 1. The van der Waals surface area contributed by atoms with Gasteiger partial charge in [-0.05, 0) is 37.8 Å². The highest BCUT2D eigenvalue weighted by Crippen LogP contribution is 2.20. The van der Waals surface area contributed by atoms with Gasteiger partial charge in [-0.25, -0.2) is 4.98 Å². The van der Waals surface area contributed by atoms with Crippen LogP contribution in [0.15, 0.2) is 12.3 Å². The molecule has 0 unspecified atom stereocenters. The average Bonchev–Trinajstić information content (AvgIpc) is 2.96. The van der Waals surface area contributed by atoms with E-state index in [4.69, 9.17) is 0 Å². The zero-order valence-electron chi connectivity index (χ0n) is 9.93. The Hall–Kier alpha value is -1.82. The van der Waals surface area contributed by atoms with E-state index in [1.165, 1.54) is 11.3 Å². The Morgan fingerprint density at radius 2 is 2.28 bits per heavy atom. The molecule has 92 valence electrons. The molecule has 6 heteroatoms. The van der Waals surface area contributed by atoms with Crippen LogP contribution in [-0.2, 0) is 12.8 Å². The molecule has 1 amide bonds. The lowest BCUT2D eigenvalue weighted by molar-refractivity contribution is 0.102. The van der Waals surface area contributed by atoms with Crippen LogP contribution < -0.4 is 5.32 Å². The Morgan fingerprint density at radius 3 is 3.06 bits per heavy atom. The van der Waals surface area contributed by atoms with Crippen LogP contribution >= 0.6 is 11.3 Å². The third-order valence-corrected chi connectivity index (χ3v) is 3.72. The number of hydrogen-bond donors (Lipinski definition) is 1. The van der Waals surface area contributed by atoms with E-state index >= 15 is 0 Å². The van der Waals surface area contributed by atoms with Gasteiger partial charge >= 0.3 is 0 Å². The summed E-state index contributed by atoms with van der Waals surface area (Å²) in [5.41, 5.74) is 2.53. The average molecular weight is 260 g/mol. The van der Waals surface area contributed by atoms with E-state index in [9.17, 15) is 4.79 Å². The molecule has 2 heterocycles. The number of hydrogen-bond acceptors (Lipinski definition) is 5. The molecule has 18 heavy (non-hydrogen) atoms. The lowest BCUT2D eigenvalue weighted by Crippen LogP contribution is -2.15. The van der Waals surface area contributed by atoms with E-state index in [1.54, 1.807) is 6.20 Å². The van der Waals surface area contributed by atoms with E-state index in [2.05, 4.69) is 20.5 Å². The highest BCUT2D eigenvalue weighted by molar-refractivity contribution is 7.15. The van der Waals surface area contributed by atoms with E-state index in [0.717, 1.165) is 35.4 Å². The topological polar surface area (TPSA) is 67.8 Å². The van der Waals surface area contributed by atoms with Gasteiger partial charge in [0.05, 0.1) is 5.69 Å². The molecule has 0 aliphatic heterocycles. The number of thiazole rings is 1. The number of rotatable bonds is 2. The molecule has 3 rings (SSSR count). The SMILES string of the molecule is Cc1cnc(NC(=O)c2cc3c(nn2)CCC3)s1. The Balaban J connectivity index is 1.80. The molecule has 0 fully saturated rings. The highest BCUT2D eigenvalue weighted by Gasteiger charge is 2.17. The van der Waals surface area contributed by atoms with Crippen molar-refractivity contribution in [1.82, 2.24) is 15.2 Å². The molecule has 1 aliphatic rings. The first kappa shape index (κ1) is 11.3. The summed E-state index contributed by atoms with van der Waals surface area (Å²) < 4.78 is 0. The van der Waals surface area contributed by atoms with Gasteiger partial charge < -0.3 is 0 Å². The summed E-state index contributed by atoms with van der Waals surface area (Å²) >= 11 is 1.44. The maximum absolute atomic E-state index is 12.0. The van der Waals surface area contributed by atoms with Crippen molar-refractivity contribution < 1.29 is 4.79 Å². The molecule has 1 aliphatic carbocycles. The molecule has 0 aromatic carbocycles. The monoisotopic (exact) mass is 260 g/mol. The van der Waals surface area contributed by atoms with Gasteiger partial charge in [0, 0.05) is 11.1 Å². The van der Waals surface area contributed by atoms with Crippen molar-refractivity contribution in [3.05, 3.63) is 34.1 Å². The molecule has 0 spiro atoms. The summed E-state index contributed by atoms with van der Waals surface area (Å²) in [6.45, 7) is 1.95. The maximum atomic E-state index is 12.0. The number of aromatic nitrogens is 3. The molecular weight excluding hydrogens is 248 g/mol. The summed E-state index contributed by atoms with van der Waals surface area (Å²) in [4.78, 5) is 17.1. The van der Waals surface area contributed by atoms with Gasteiger partial charge in [-0.1, -0.05) is 0 Å². The first-order chi connectivity index (χ1) is 8.72. The lowest BCUT2D eigenvalue weighted by atomic mass is 10.2. The normalized spacial score (nSPS) is 13.4. The fourth-order valence-corrected chi connectivity index (χ4v) is 2.67. The number of nitrogens with zero attached hydrogens (tertiary/aromatic N) is 3. The fraction of sp³-hybridized carbons (Fsp3) is 0.333. The van der Waals surface area contributed by atoms with Gasteiger partial charge in [0.25, 0.3) is 5.91 Å². The minimum Gasteiger partial charge on any atom is -0.296 e. The molecule has 2 aromatic heterocycles. The predicted octanol–water partition coefficient (Wildman–Crippen LogP) is 1.98. The van der Waals surface area contributed by atoms with Crippen LogP contribution in [0.5, 0.6) is 0 Å². The number of anilines is 1. The van der Waals surface area contributed by atoms with Crippen molar-refractivity contribution in [2.24, 2.45) is 0 Å². The van der Waals surface area contributed by atoms with Crippen LogP contribution in [0.4, 0.5) is 5.13 Å². The molecule has 0 atom stereocenters. The van der Waals surface area contributed by atoms with Crippen molar-refractivity contribution in [2.75, 3.05) is 5.32 Å². The summed E-state index contributed by atoms with van der Waals surface area (Å²) in [5.74, 6) is -0.244. The Bertz CT molecular complexity index is 608. The molecule has 1 N–H and O–H groups in total. The molecule has 0 saturated heterocycles. The number of amides is 1. The van der Waals surface area contributed by atoms with Crippen molar-refractivity contribution in [3.63, 3.8) is 0 Å². The smallest absolute Gasteiger partial charge is 0.277 e. The van der Waals surface area contributed by atoms with Crippen molar-refractivity contribution in [3.8, 4) is 0 Å². The Kier molecular flexibility index (Phi) is 2.79. The largest absolute Gasteiger partial charge is 0.296 e. The van der Waals surface area contributed by atoms with Gasteiger partial charge in [0.2, 0.25) is 0 Å². The summed E-state index contributed by atoms with van der Waals surface area (Å²) in [6, 6.07) is 1.84. The zero-order valence-corrected chi connectivity index (χ0v) is 10.8. The third-order valence-electron chi connectivity index (χ3n) is 2.89. The quantitative estimate of drug-likeness (QED) is 0.896. The van der Waals surface area contributed by atoms with Gasteiger partial charge in [-0.15, -0.1) is 16.4 Å². The van der Waals surface area contributed by atoms with Crippen molar-refractivity contribution in [1.29, 1.82) is 0 Å². The fourth-order valence-electron chi connectivity index (χ4n) is 2.01. The number of carbonyl (C=O) groups excluding carboxylic acids is 1. The zero-order chi connectivity index (χ0) is 12.5. The van der Waals surface area contributed by atoms with Crippen LogP contribution in [-0.4, -0.2) is 21.1 Å². The first-order valence-corrected chi connectivity index (χ1v) is 6.63. The lowest BCUT2D eigenvalue weighted by Gasteiger charge is -2.02. The highest BCUT2D eigenvalue weighted by atomic mass is 32.1. The van der Waals surface area contributed by atoms with E-state index in [1.807, 2.05) is 13.0 Å². The second-order valence-electron chi connectivity index (χ2n) is 4.29. The summed E-state index contributed by atoms with van der Waals surface area (Å²) in [6.07, 6.45) is 4.78. The van der Waals surface area contributed by atoms with Crippen LogP contribution in [0, 0.1) is 6.92 Å². The van der Waals surface area contributed by atoms with Gasteiger partial charge in [-0.3, -0.25) is 10.1 Å². The van der Waals surface area contributed by atoms with Gasteiger partial charge in [-0.2, -0.15) is 5.10 Å². The van der Waals surface area contributed by atoms with Gasteiger partial charge in [0.1, 0.15) is 0 Å². The number of carbonyl (C=O) groups is 1. The first-order valence-electron chi connectivity index (χ1n) is 5.81. The third kappa shape index (κ3) is 2.11. The van der Waals surface area contributed by atoms with E-state index < -0.39 is 0 Å². The van der Waals surface area contributed by atoms with Crippen molar-refractivity contribution >= 4 is 22.4 Å². The van der Waals surface area contributed by atoms with Crippen LogP contribution in [0.2, 0.25) is 0 Å². The number of nitrogens with one attached hydrogen (secondary N) is 1. The van der Waals surface area contributed by atoms with Crippen LogP contribution in [0.3, 0.4) is 0 Å². The second-order valence-corrected chi connectivity index (χ2v) is 5.52. The predicted molar refractivity (Wildman–Crippen MR) is 68.9 cm³/mol. The van der Waals surface area contributed by atoms with Gasteiger partial charge in [0.15, 0.2) is 10.8 Å². The Labute approximate surface area is 108 Å². The molecule has 2 aromatic rings. The van der Waals surface area contributed by atoms with Crippen LogP contribution in [0.1, 0.15) is 33.0 Å².